The summed E-state index contributed by atoms with van der Waals surface area (Å²) in [4.78, 5) is 0. The third kappa shape index (κ3) is 1.43. The zero-order chi connectivity index (χ0) is 16.6. The maximum Gasteiger partial charge on any atom is 0.452 e. The molecule has 0 atom stereocenters. The molecular weight excluding hydrogens is 344 g/mol. The molecule has 3 aromatic rings. The minimum Gasteiger partial charge on any atom is -0.326 e. The quantitative estimate of drug-likeness (QED) is 0.578. The zero-order valence-electron chi connectivity index (χ0n) is 12.8. The Kier molecular flexibility index (Phi) is 1.88. The number of fused-ring (bicyclic) bond motifs is 3. The smallest absolute Gasteiger partial charge is 0.326 e. The lowest BCUT2D eigenvalue weighted by atomic mass is 10.3. The van der Waals surface area contributed by atoms with Gasteiger partial charge in [0.15, 0.2) is 34.5 Å². The van der Waals surface area contributed by atoms with E-state index in [-0.39, 0.29) is 0 Å². The summed E-state index contributed by atoms with van der Waals surface area (Å²) in [6.45, 7) is 0. The number of hydrogen-bond donors (Lipinski definition) is 0. The Bertz CT molecular complexity index is 846. The number of para-hydroxylation sites is 6. The number of benzene rings is 3. The third-order valence-corrected chi connectivity index (χ3v) is 7.23. The standard InChI is InChI=1S/C18H12O6S/c1-2-8-14-13(7-1)19-25(20-14,21-15-9-3-4-10-16(15)22-25)23-17-11-5-6-12-18(17)24-25/h1-12H. The van der Waals surface area contributed by atoms with Gasteiger partial charge in [-0.05, 0) is 36.4 Å². The normalized spacial score (nSPS) is 23.5. The van der Waals surface area contributed by atoms with E-state index in [1.807, 2.05) is 36.4 Å². The van der Waals surface area contributed by atoms with E-state index >= 15 is 0 Å². The molecule has 0 aliphatic carbocycles. The van der Waals surface area contributed by atoms with Crippen molar-refractivity contribution in [3.63, 3.8) is 0 Å². The van der Waals surface area contributed by atoms with Crippen molar-refractivity contribution >= 4 is 9.98 Å². The molecule has 25 heavy (non-hydrogen) atoms. The Morgan fingerprint density at radius 1 is 0.360 bits per heavy atom. The van der Waals surface area contributed by atoms with Gasteiger partial charge in [-0.1, -0.05) is 36.4 Å². The SMILES string of the molecule is c1ccc2c(c1)OS13(O2)(Oc2ccccc2O1)Oc1ccccc1O3. The summed E-state index contributed by atoms with van der Waals surface area (Å²) < 4.78 is 37.0. The van der Waals surface area contributed by atoms with Crippen LogP contribution in [0.1, 0.15) is 0 Å². The highest BCUT2D eigenvalue weighted by molar-refractivity contribution is 8.45. The van der Waals surface area contributed by atoms with Crippen molar-refractivity contribution in [1.82, 2.24) is 0 Å². The molecule has 3 aromatic carbocycles. The van der Waals surface area contributed by atoms with Gasteiger partial charge in [0.1, 0.15) is 0 Å². The molecule has 0 aromatic heterocycles. The number of hydrogen-bond acceptors (Lipinski definition) is 6. The summed E-state index contributed by atoms with van der Waals surface area (Å²) in [6, 6.07) is 21.4. The van der Waals surface area contributed by atoms with Gasteiger partial charge in [-0.15, -0.1) is 0 Å². The van der Waals surface area contributed by atoms with Crippen LogP contribution in [0.2, 0.25) is 0 Å². The molecule has 126 valence electrons. The van der Waals surface area contributed by atoms with Gasteiger partial charge in [0.25, 0.3) is 0 Å². The van der Waals surface area contributed by atoms with Crippen LogP contribution >= 0.6 is 9.98 Å². The first kappa shape index (κ1) is 13.1. The molecule has 0 radical (unpaired) electrons. The van der Waals surface area contributed by atoms with Gasteiger partial charge in [-0.2, -0.15) is 0 Å². The van der Waals surface area contributed by atoms with Crippen LogP contribution in [-0.4, -0.2) is 0 Å². The van der Waals surface area contributed by atoms with Crippen molar-refractivity contribution in [3.8, 4) is 34.5 Å². The van der Waals surface area contributed by atoms with Crippen molar-refractivity contribution in [2.45, 2.75) is 0 Å². The molecule has 0 saturated carbocycles. The van der Waals surface area contributed by atoms with Gasteiger partial charge in [-0.25, -0.2) is 0 Å². The van der Waals surface area contributed by atoms with Crippen molar-refractivity contribution in [1.29, 1.82) is 0 Å². The molecule has 0 amide bonds. The van der Waals surface area contributed by atoms with E-state index in [0.717, 1.165) is 0 Å². The molecule has 0 bridgehead atoms. The molecule has 3 heterocycles. The fraction of sp³-hybridized carbons (Fsp3) is 0. The average Bonchev–Trinajstić information content (AvgIpc) is 3.18. The van der Waals surface area contributed by atoms with Crippen LogP contribution in [0, 0.1) is 0 Å². The molecule has 7 heteroatoms. The molecule has 0 N–H and O–H groups in total. The van der Waals surface area contributed by atoms with E-state index in [4.69, 9.17) is 25.1 Å². The summed E-state index contributed by atoms with van der Waals surface area (Å²) >= 11 is 0. The predicted octanol–water partition coefficient (Wildman–Crippen LogP) is 4.77. The molecule has 6 rings (SSSR count). The summed E-state index contributed by atoms with van der Waals surface area (Å²) in [5.41, 5.74) is 0. The first-order chi connectivity index (χ1) is 12.1. The first-order valence-corrected chi connectivity index (χ1v) is 9.71. The number of rotatable bonds is 0. The zero-order valence-corrected chi connectivity index (χ0v) is 13.6. The van der Waals surface area contributed by atoms with Gasteiger partial charge in [-0.3, -0.25) is 0 Å². The van der Waals surface area contributed by atoms with Crippen LogP contribution in [-0.2, 0) is 0 Å². The molecule has 6 nitrogen and oxygen atoms in total. The van der Waals surface area contributed by atoms with Crippen LogP contribution < -0.4 is 25.1 Å². The molecule has 0 fully saturated rings. The van der Waals surface area contributed by atoms with E-state index in [1.165, 1.54) is 0 Å². The monoisotopic (exact) mass is 356 g/mol. The Balaban J connectivity index is 1.64. The second kappa shape index (κ2) is 3.57. The minimum atomic E-state index is -5.28. The highest BCUT2D eigenvalue weighted by Crippen LogP contribution is 2.96. The molecular formula is C18H12O6S. The van der Waals surface area contributed by atoms with Crippen LogP contribution in [0.3, 0.4) is 0 Å². The third-order valence-electron chi connectivity index (χ3n) is 4.11. The van der Waals surface area contributed by atoms with Crippen LogP contribution in [0.5, 0.6) is 34.5 Å². The van der Waals surface area contributed by atoms with E-state index in [9.17, 15) is 0 Å². The summed E-state index contributed by atoms with van der Waals surface area (Å²) in [5, 5.41) is 0. The first-order valence-electron chi connectivity index (χ1n) is 7.71. The maximum atomic E-state index is 6.16. The van der Waals surface area contributed by atoms with E-state index in [2.05, 4.69) is 0 Å². The Morgan fingerprint density at radius 2 is 0.560 bits per heavy atom. The lowest BCUT2D eigenvalue weighted by Crippen LogP contribution is -2.56. The van der Waals surface area contributed by atoms with Crippen molar-refractivity contribution in [2.24, 2.45) is 0 Å². The van der Waals surface area contributed by atoms with Gasteiger partial charge in [0.2, 0.25) is 0 Å². The van der Waals surface area contributed by atoms with Crippen LogP contribution in [0.25, 0.3) is 0 Å². The highest BCUT2D eigenvalue weighted by atomic mass is 32.4. The summed E-state index contributed by atoms with van der Waals surface area (Å²) in [7, 11) is -5.28. The second-order valence-corrected chi connectivity index (χ2v) is 8.90. The van der Waals surface area contributed by atoms with Gasteiger partial charge in [0, 0.05) is 0 Å². The van der Waals surface area contributed by atoms with Crippen LogP contribution in [0.4, 0.5) is 0 Å². The average molecular weight is 356 g/mol. The van der Waals surface area contributed by atoms with Gasteiger partial charge < -0.3 is 25.1 Å². The van der Waals surface area contributed by atoms with Crippen molar-refractivity contribution in [3.05, 3.63) is 72.8 Å². The van der Waals surface area contributed by atoms with Crippen LogP contribution in [0.15, 0.2) is 72.8 Å². The summed E-state index contributed by atoms with van der Waals surface area (Å²) in [5.74, 6) is 2.53. The Labute approximate surface area is 142 Å². The maximum absolute atomic E-state index is 6.16. The molecule has 1 spiro atoms. The molecule has 0 unspecified atom stereocenters. The van der Waals surface area contributed by atoms with Gasteiger partial charge >= 0.3 is 9.98 Å². The minimum absolute atomic E-state index is 0.421. The van der Waals surface area contributed by atoms with Crippen molar-refractivity contribution < 1.29 is 25.1 Å². The largest absolute Gasteiger partial charge is 0.452 e. The van der Waals surface area contributed by atoms with E-state index < -0.39 is 9.98 Å². The lowest BCUT2D eigenvalue weighted by molar-refractivity contribution is 0.147. The fourth-order valence-corrected chi connectivity index (χ4v) is 6.65. The predicted molar refractivity (Wildman–Crippen MR) is 90.7 cm³/mol. The van der Waals surface area contributed by atoms with Crippen molar-refractivity contribution in [2.75, 3.05) is 0 Å². The Morgan fingerprint density at radius 3 is 0.760 bits per heavy atom. The highest BCUT2D eigenvalue weighted by Gasteiger charge is 2.84. The Hall–Kier alpha value is -3.19. The van der Waals surface area contributed by atoms with E-state index in [1.54, 1.807) is 36.4 Å². The van der Waals surface area contributed by atoms with E-state index in [0.29, 0.717) is 34.5 Å². The fourth-order valence-electron chi connectivity index (χ4n) is 3.12. The summed E-state index contributed by atoms with van der Waals surface area (Å²) in [6.07, 6.45) is 0. The molecule has 0 saturated heterocycles. The van der Waals surface area contributed by atoms with Gasteiger partial charge in [0.05, 0.1) is 0 Å². The second-order valence-electron chi connectivity index (χ2n) is 5.86. The lowest BCUT2D eigenvalue weighted by Gasteiger charge is -2.59. The molecule has 3 aliphatic rings. The molecule has 3 aliphatic heterocycles. The topological polar surface area (TPSA) is 55.4 Å².